The van der Waals surface area contributed by atoms with Gasteiger partial charge in [-0.2, -0.15) is 5.10 Å². The summed E-state index contributed by atoms with van der Waals surface area (Å²) in [5.41, 5.74) is 3.71. The van der Waals surface area contributed by atoms with Gasteiger partial charge in [-0.15, -0.1) is 0 Å². The number of carbonyl (C=O) groups excluding carboxylic acids is 2. The van der Waals surface area contributed by atoms with Gasteiger partial charge in [0.15, 0.2) is 11.5 Å². The molecule has 2 amide bonds. The van der Waals surface area contributed by atoms with Gasteiger partial charge in [0.05, 0.1) is 32.5 Å². The zero-order chi connectivity index (χ0) is 25.4. The quantitative estimate of drug-likeness (QED) is 0.272. The second kappa shape index (κ2) is 11.3. The molecule has 0 fully saturated rings. The first-order chi connectivity index (χ1) is 16.9. The molecular formula is C24H22N4O7. The van der Waals surface area contributed by atoms with E-state index in [9.17, 15) is 19.7 Å². The minimum atomic E-state index is -0.575. The fraction of sp³-hybridized carbons (Fsp3) is 0.125. The van der Waals surface area contributed by atoms with E-state index in [0.717, 1.165) is 0 Å². The molecule has 180 valence electrons. The summed E-state index contributed by atoms with van der Waals surface area (Å²) in [6, 6.07) is 14.8. The third kappa shape index (κ3) is 6.11. The molecule has 0 bridgehead atoms. The molecule has 11 nitrogen and oxygen atoms in total. The summed E-state index contributed by atoms with van der Waals surface area (Å²) in [6.45, 7) is 0. The first-order valence-electron chi connectivity index (χ1n) is 10.2. The normalized spacial score (nSPS) is 10.5. The molecule has 0 saturated carbocycles. The molecule has 11 heteroatoms. The van der Waals surface area contributed by atoms with Gasteiger partial charge in [-0.1, -0.05) is 6.07 Å². The van der Waals surface area contributed by atoms with Crippen molar-refractivity contribution in [1.29, 1.82) is 0 Å². The van der Waals surface area contributed by atoms with E-state index in [4.69, 9.17) is 14.2 Å². The second-order valence-corrected chi connectivity index (χ2v) is 7.00. The standard InChI is InChI=1S/C24H22N4O7/c1-33-20-11-15(12-21(34-2)22(20)35-3)14-25-27-24(30)16-7-9-18(10-8-16)26-23(29)17-5-4-6-19(13-17)28(31)32/h4-14H,1-3H3,(H,26,29)(H,27,30)/b25-14+. The van der Waals surface area contributed by atoms with Crippen LogP contribution in [0.4, 0.5) is 11.4 Å². The number of nitro groups is 1. The average molecular weight is 478 g/mol. The molecule has 0 aliphatic carbocycles. The number of rotatable bonds is 9. The summed E-state index contributed by atoms with van der Waals surface area (Å²) in [7, 11) is 4.49. The highest BCUT2D eigenvalue weighted by molar-refractivity contribution is 6.05. The van der Waals surface area contributed by atoms with Gasteiger partial charge in [0.2, 0.25) is 5.75 Å². The van der Waals surface area contributed by atoms with Crippen LogP contribution in [0.25, 0.3) is 0 Å². The van der Waals surface area contributed by atoms with E-state index in [1.54, 1.807) is 12.1 Å². The number of hydrogen-bond donors (Lipinski definition) is 2. The number of hydrazone groups is 1. The number of nitrogens with one attached hydrogen (secondary N) is 2. The molecule has 0 atom stereocenters. The minimum Gasteiger partial charge on any atom is -0.493 e. The van der Waals surface area contributed by atoms with Gasteiger partial charge < -0.3 is 19.5 Å². The first kappa shape index (κ1) is 24.7. The average Bonchev–Trinajstić information content (AvgIpc) is 2.88. The number of non-ortho nitro benzene ring substituents is 1. The number of nitro benzene ring substituents is 1. The van der Waals surface area contributed by atoms with Gasteiger partial charge in [0.1, 0.15) is 0 Å². The van der Waals surface area contributed by atoms with Crippen molar-refractivity contribution in [3.05, 3.63) is 87.5 Å². The Morgan fingerprint density at radius 1 is 0.886 bits per heavy atom. The van der Waals surface area contributed by atoms with Crippen LogP contribution in [0.5, 0.6) is 17.2 Å². The number of benzene rings is 3. The van der Waals surface area contributed by atoms with E-state index in [2.05, 4.69) is 15.8 Å². The van der Waals surface area contributed by atoms with Crippen molar-refractivity contribution >= 4 is 29.4 Å². The van der Waals surface area contributed by atoms with Crippen molar-refractivity contribution in [3.63, 3.8) is 0 Å². The Kier molecular flexibility index (Phi) is 7.96. The second-order valence-electron chi connectivity index (χ2n) is 7.00. The van der Waals surface area contributed by atoms with Crippen LogP contribution in [0, 0.1) is 10.1 Å². The monoisotopic (exact) mass is 478 g/mol. The molecule has 35 heavy (non-hydrogen) atoms. The van der Waals surface area contributed by atoms with E-state index in [-0.39, 0.29) is 11.3 Å². The van der Waals surface area contributed by atoms with Crippen molar-refractivity contribution in [3.8, 4) is 17.2 Å². The van der Waals surface area contributed by atoms with Gasteiger partial charge in [-0.3, -0.25) is 19.7 Å². The summed E-state index contributed by atoms with van der Waals surface area (Å²) in [4.78, 5) is 35.1. The van der Waals surface area contributed by atoms with E-state index in [1.165, 1.54) is 76.1 Å². The highest BCUT2D eigenvalue weighted by Gasteiger charge is 2.14. The van der Waals surface area contributed by atoms with Gasteiger partial charge in [-0.25, -0.2) is 5.43 Å². The summed E-state index contributed by atoms with van der Waals surface area (Å²) in [5.74, 6) is 0.352. The highest BCUT2D eigenvalue weighted by atomic mass is 16.6. The maximum atomic E-state index is 12.4. The zero-order valence-electron chi connectivity index (χ0n) is 19.1. The molecule has 0 aliphatic rings. The highest BCUT2D eigenvalue weighted by Crippen LogP contribution is 2.37. The largest absolute Gasteiger partial charge is 0.493 e. The van der Waals surface area contributed by atoms with Gasteiger partial charge >= 0.3 is 0 Å². The van der Waals surface area contributed by atoms with Crippen LogP contribution in [0.15, 0.2) is 65.8 Å². The maximum absolute atomic E-state index is 12.4. The third-order valence-corrected chi connectivity index (χ3v) is 4.79. The fourth-order valence-electron chi connectivity index (χ4n) is 3.07. The molecule has 3 aromatic rings. The van der Waals surface area contributed by atoms with Gasteiger partial charge in [0, 0.05) is 34.5 Å². The fourth-order valence-corrected chi connectivity index (χ4v) is 3.07. The van der Waals surface area contributed by atoms with Crippen LogP contribution in [0.2, 0.25) is 0 Å². The van der Waals surface area contributed by atoms with Gasteiger partial charge in [-0.05, 0) is 42.5 Å². The molecule has 0 aliphatic heterocycles. The summed E-state index contributed by atoms with van der Waals surface area (Å²) >= 11 is 0. The molecule has 0 unspecified atom stereocenters. The van der Waals surface area contributed by atoms with Crippen LogP contribution in [-0.2, 0) is 0 Å². The predicted octanol–water partition coefficient (Wildman–Crippen LogP) is 3.64. The molecule has 0 heterocycles. The molecule has 0 radical (unpaired) electrons. The first-order valence-corrected chi connectivity index (χ1v) is 10.2. The Labute approximate surface area is 200 Å². The Morgan fingerprint density at radius 3 is 2.11 bits per heavy atom. The minimum absolute atomic E-state index is 0.141. The van der Waals surface area contributed by atoms with E-state index < -0.39 is 16.7 Å². The lowest BCUT2D eigenvalue weighted by Gasteiger charge is -2.12. The van der Waals surface area contributed by atoms with Crippen molar-refractivity contribution in [1.82, 2.24) is 5.43 Å². The molecule has 0 saturated heterocycles. The van der Waals surface area contributed by atoms with E-state index in [0.29, 0.717) is 34.1 Å². The van der Waals surface area contributed by atoms with Crippen molar-refractivity contribution in [2.75, 3.05) is 26.6 Å². The topological polar surface area (TPSA) is 141 Å². The SMILES string of the molecule is COc1cc(/C=N/NC(=O)c2ccc(NC(=O)c3cccc([N+](=O)[O-])c3)cc2)cc(OC)c1OC. The zero-order valence-corrected chi connectivity index (χ0v) is 19.1. The number of ether oxygens (including phenoxy) is 3. The van der Waals surface area contributed by atoms with Crippen LogP contribution >= 0.6 is 0 Å². The summed E-state index contributed by atoms with van der Waals surface area (Å²) in [6.07, 6.45) is 1.43. The number of methoxy groups -OCH3 is 3. The lowest BCUT2D eigenvalue weighted by molar-refractivity contribution is -0.384. The molecule has 0 spiro atoms. The third-order valence-electron chi connectivity index (χ3n) is 4.79. The predicted molar refractivity (Wildman–Crippen MR) is 129 cm³/mol. The number of amides is 2. The summed E-state index contributed by atoms with van der Waals surface area (Å²) < 4.78 is 15.8. The molecule has 3 aromatic carbocycles. The van der Waals surface area contributed by atoms with Crippen molar-refractivity contribution in [2.24, 2.45) is 5.10 Å². The molecule has 3 rings (SSSR count). The number of hydrogen-bond acceptors (Lipinski definition) is 8. The molecule has 2 N–H and O–H groups in total. The number of carbonyl (C=O) groups is 2. The van der Waals surface area contributed by atoms with Crippen LogP contribution in [0.3, 0.4) is 0 Å². The Hall–Kier alpha value is -4.93. The lowest BCUT2D eigenvalue weighted by Crippen LogP contribution is -2.18. The van der Waals surface area contributed by atoms with Crippen LogP contribution in [0.1, 0.15) is 26.3 Å². The Bertz CT molecular complexity index is 1250. The smallest absolute Gasteiger partial charge is 0.271 e. The lowest BCUT2D eigenvalue weighted by atomic mass is 10.1. The molecular weight excluding hydrogens is 456 g/mol. The van der Waals surface area contributed by atoms with Gasteiger partial charge in [0.25, 0.3) is 17.5 Å². The van der Waals surface area contributed by atoms with Crippen molar-refractivity contribution < 1.29 is 28.7 Å². The number of nitrogens with zero attached hydrogens (tertiary/aromatic N) is 2. The van der Waals surface area contributed by atoms with Crippen LogP contribution < -0.4 is 25.0 Å². The van der Waals surface area contributed by atoms with E-state index in [1.807, 2.05) is 0 Å². The van der Waals surface area contributed by atoms with E-state index >= 15 is 0 Å². The van der Waals surface area contributed by atoms with Crippen LogP contribution in [-0.4, -0.2) is 44.3 Å². The number of anilines is 1. The molecule has 0 aromatic heterocycles. The maximum Gasteiger partial charge on any atom is 0.271 e. The van der Waals surface area contributed by atoms with Crippen molar-refractivity contribution in [2.45, 2.75) is 0 Å². The Morgan fingerprint density at radius 2 is 1.54 bits per heavy atom. The Balaban J connectivity index is 1.63. The summed E-state index contributed by atoms with van der Waals surface area (Å²) in [5, 5.41) is 17.5.